The summed E-state index contributed by atoms with van der Waals surface area (Å²) in [6, 6.07) is 22.5. The van der Waals surface area contributed by atoms with Crippen LogP contribution in [0.15, 0.2) is 82.6 Å². The van der Waals surface area contributed by atoms with Crippen molar-refractivity contribution in [2.75, 3.05) is 31.1 Å². The summed E-state index contributed by atoms with van der Waals surface area (Å²) in [4.78, 5) is 31.8. The Bertz CT molecular complexity index is 1370. The van der Waals surface area contributed by atoms with Gasteiger partial charge in [0.1, 0.15) is 6.54 Å². The number of amides is 2. The van der Waals surface area contributed by atoms with Crippen LogP contribution in [0.3, 0.4) is 0 Å². The van der Waals surface area contributed by atoms with E-state index in [4.69, 9.17) is 0 Å². The molecular formula is C32H34F3N3O2S. The number of piperidine rings is 1. The first-order valence-electron chi connectivity index (χ1n) is 14.1. The van der Waals surface area contributed by atoms with Gasteiger partial charge in [-0.15, -0.1) is 0 Å². The van der Waals surface area contributed by atoms with Gasteiger partial charge in [-0.05, 0) is 55.2 Å². The molecule has 216 valence electrons. The van der Waals surface area contributed by atoms with Gasteiger partial charge in [0.15, 0.2) is 0 Å². The number of unbranched alkanes of at least 4 members (excludes halogenated alkanes) is 1. The van der Waals surface area contributed by atoms with E-state index in [1.54, 1.807) is 23.9 Å². The maximum atomic E-state index is 14.1. The predicted octanol–water partition coefficient (Wildman–Crippen LogP) is 6.87. The summed E-state index contributed by atoms with van der Waals surface area (Å²) in [7, 11) is 0. The van der Waals surface area contributed by atoms with Gasteiger partial charge in [0.25, 0.3) is 5.91 Å². The first-order chi connectivity index (χ1) is 19.7. The first kappa shape index (κ1) is 29.0. The molecule has 2 aliphatic heterocycles. The summed E-state index contributed by atoms with van der Waals surface area (Å²) < 4.78 is 40.9. The minimum Gasteiger partial charge on any atom is -0.371 e. The predicted molar refractivity (Wildman–Crippen MR) is 156 cm³/mol. The van der Waals surface area contributed by atoms with E-state index >= 15 is 0 Å². The Morgan fingerprint density at radius 1 is 0.951 bits per heavy atom. The number of hydrogen-bond acceptors (Lipinski definition) is 4. The van der Waals surface area contributed by atoms with Crippen molar-refractivity contribution < 1.29 is 22.8 Å². The van der Waals surface area contributed by atoms with E-state index in [1.165, 1.54) is 0 Å². The molecule has 41 heavy (non-hydrogen) atoms. The van der Waals surface area contributed by atoms with Gasteiger partial charge in [-0.25, -0.2) is 0 Å². The molecule has 9 heteroatoms. The Hall–Kier alpha value is -3.46. The summed E-state index contributed by atoms with van der Waals surface area (Å²) >= 11 is 1.55. The van der Waals surface area contributed by atoms with Crippen LogP contribution in [-0.2, 0) is 4.79 Å². The summed E-state index contributed by atoms with van der Waals surface area (Å²) in [5.74, 6) is -1.44. The SMILES string of the molecule is CCCCN(CC(F)(F)F)C(=O)C1c2ccccc2Sc2cccc(N3CCC(NC(=O)c4ccccc4)CC3)c21. The maximum Gasteiger partial charge on any atom is 0.406 e. The van der Waals surface area contributed by atoms with E-state index in [-0.39, 0.29) is 18.5 Å². The Balaban J connectivity index is 1.42. The van der Waals surface area contributed by atoms with E-state index in [9.17, 15) is 22.8 Å². The second kappa shape index (κ2) is 12.6. The average Bonchev–Trinajstić information content (AvgIpc) is 2.97. The summed E-state index contributed by atoms with van der Waals surface area (Å²) in [5, 5.41) is 3.13. The van der Waals surface area contributed by atoms with Gasteiger partial charge in [-0.2, -0.15) is 13.2 Å². The van der Waals surface area contributed by atoms with Crippen LogP contribution in [0.4, 0.5) is 18.9 Å². The zero-order valence-electron chi connectivity index (χ0n) is 23.0. The number of nitrogens with one attached hydrogen (secondary N) is 1. The Labute approximate surface area is 243 Å². The quantitative estimate of drug-likeness (QED) is 0.315. The zero-order valence-corrected chi connectivity index (χ0v) is 23.8. The number of halogens is 3. The molecule has 3 aromatic carbocycles. The van der Waals surface area contributed by atoms with E-state index < -0.39 is 24.5 Å². The van der Waals surface area contributed by atoms with Crippen LogP contribution >= 0.6 is 11.8 Å². The number of alkyl halides is 3. The van der Waals surface area contributed by atoms with Gasteiger partial charge in [0.2, 0.25) is 5.91 Å². The van der Waals surface area contributed by atoms with Gasteiger partial charge in [0, 0.05) is 52.3 Å². The largest absolute Gasteiger partial charge is 0.406 e. The van der Waals surface area contributed by atoms with Crippen molar-refractivity contribution in [2.24, 2.45) is 0 Å². The molecular weight excluding hydrogens is 547 g/mol. The second-order valence-corrected chi connectivity index (χ2v) is 11.7. The Kier molecular flexibility index (Phi) is 8.92. The minimum atomic E-state index is -4.49. The van der Waals surface area contributed by atoms with Crippen molar-refractivity contribution in [2.45, 2.75) is 60.5 Å². The van der Waals surface area contributed by atoms with Gasteiger partial charge >= 0.3 is 6.18 Å². The van der Waals surface area contributed by atoms with Gasteiger partial charge in [0.05, 0.1) is 5.92 Å². The number of nitrogens with zero attached hydrogens (tertiary/aromatic N) is 2. The minimum absolute atomic E-state index is 0.0161. The number of anilines is 1. The highest BCUT2D eigenvalue weighted by Gasteiger charge is 2.40. The standard InChI is InChI=1S/C32H34F3N3O2S/c1-2-3-18-38(21-32(33,34)35)31(40)28-24-12-7-8-14-26(24)41-27-15-9-13-25(29(27)28)37-19-16-23(17-20-37)36-30(39)22-10-5-4-6-11-22/h4-15,23,28H,2-3,16-21H2,1H3,(H,36,39). The highest BCUT2D eigenvalue weighted by molar-refractivity contribution is 7.99. The highest BCUT2D eigenvalue weighted by Crippen LogP contribution is 2.50. The van der Waals surface area contributed by atoms with Gasteiger partial charge in [-0.1, -0.05) is 67.6 Å². The molecule has 5 rings (SSSR count). The number of fused-ring (bicyclic) bond motifs is 2. The second-order valence-electron chi connectivity index (χ2n) is 10.6. The molecule has 0 aromatic heterocycles. The first-order valence-corrected chi connectivity index (χ1v) is 14.9. The van der Waals surface area contributed by atoms with Crippen molar-refractivity contribution in [1.29, 1.82) is 0 Å². The Morgan fingerprint density at radius 3 is 2.34 bits per heavy atom. The van der Waals surface area contributed by atoms with Crippen LogP contribution in [0.1, 0.15) is 60.0 Å². The topological polar surface area (TPSA) is 52.7 Å². The van der Waals surface area contributed by atoms with Crippen LogP contribution in [0, 0.1) is 0 Å². The molecule has 3 aromatic rings. The fourth-order valence-electron chi connectivity index (χ4n) is 5.67. The molecule has 0 aliphatic carbocycles. The number of hydrogen-bond donors (Lipinski definition) is 1. The zero-order chi connectivity index (χ0) is 29.0. The molecule has 1 saturated heterocycles. The van der Waals surface area contributed by atoms with Crippen LogP contribution in [0.25, 0.3) is 0 Å². The lowest BCUT2D eigenvalue weighted by Crippen LogP contribution is -2.46. The van der Waals surface area contributed by atoms with Crippen LogP contribution in [0.2, 0.25) is 0 Å². The van der Waals surface area contributed by atoms with Crippen molar-refractivity contribution in [3.05, 3.63) is 89.5 Å². The molecule has 1 unspecified atom stereocenters. The van der Waals surface area contributed by atoms with Crippen molar-refractivity contribution in [3.8, 4) is 0 Å². The van der Waals surface area contributed by atoms with Crippen LogP contribution in [0.5, 0.6) is 0 Å². The van der Waals surface area contributed by atoms with E-state index in [2.05, 4.69) is 10.2 Å². The van der Waals surface area contributed by atoms with Crippen LogP contribution in [-0.4, -0.2) is 55.1 Å². The molecule has 2 heterocycles. The van der Waals surface area contributed by atoms with E-state index in [0.717, 1.165) is 44.3 Å². The van der Waals surface area contributed by atoms with Crippen molar-refractivity contribution in [1.82, 2.24) is 10.2 Å². The molecule has 5 nitrogen and oxygen atoms in total. The number of carbonyl (C=O) groups is 2. The fourth-order valence-corrected chi connectivity index (χ4v) is 6.83. The molecule has 1 N–H and O–H groups in total. The molecule has 0 saturated carbocycles. The molecule has 1 fully saturated rings. The molecule has 2 aliphatic rings. The summed E-state index contributed by atoms with van der Waals surface area (Å²) in [6.45, 7) is 2.02. The average molecular weight is 582 g/mol. The highest BCUT2D eigenvalue weighted by atomic mass is 32.2. The van der Waals surface area contributed by atoms with E-state index in [0.29, 0.717) is 31.5 Å². The third kappa shape index (κ3) is 6.72. The number of rotatable bonds is 8. The van der Waals surface area contributed by atoms with Gasteiger partial charge < -0.3 is 15.1 Å². The Morgan fingerprint density at radius 2 is 1.63 bits per heavy atom. The monoisotopic (exact) mass is 581 g/mol. The molecule has 0 spiro atoms. The number of carbonyl (C=O) groups excluding carboxylic acids is 2. The fraction of sp³-hybridized carbons (Fsp3) is 0.375. The van der Waals surface area contributed by atoms with E-state index in [1.807, 2.05) is 67.6 Å². The lowest BCUT2D eigenvalue weighted by atomic mass is 9.87. The summed E-state index contributed by atoms with van der Waals surface area (Å²) in [6.07, 6.45) is -1.85. The summed E-state index contributed by atoms with van der Waals surface area (Å²) in [5.41, 5.74) is 3.02. The number of benzene rings is 3. The van der Waals surface area contributed by atoms with Crippen molar-refractivity contribution in [3.63, 3.8) is 0 Å². The molecule has 0 bridgehead atoms. The lowest BCUT2D eigenvalue weighted by molar-refractivity contribution is -0.161. The van der Waals surface area contributed by atoms with Crippen LogP contribution < -0.4 is 10.2 Å². The van der Waals surface area contributed by atoms with Crippen molar-refractivity contribution >= 4 is 29.3 Å². The smallest absolute Gasteiger partial charge is 0.371 e. The lowest BCUT2D eigenvalue weighted by Gasteiger charge is -2.39. The molecule has 2 amide bonds. The third-order valence-electron chi connectivity index (χ3n) is 7.70. The van der Waals surface area contributed by atoms with Gasteiger partial charge in [-0.3, -0.25) is 9.59 Å². The third-order valence-corrected chi connectivity index (χ3v) is 8.87. The molecule has 1 atom stereocenters. The maximum absolute atomic E-state index is 14.1. The molecule has 0 radical (unpaired) electrons. The normalized spacial score (nSPS) is 17.0.